The van der Waals surface area contributed by atoms with Gasteiger partial charge in [-0.1, -0.05) is 17.3 Å². The quantitative estimate of drug-likeness (QED) is 0.343. The number of likely N-dealkylation sites (tertiary alicyclic amines) is 1. The molecule has 2 atom stereocenters. The molecule has 2 aromatic rings. The van der Waals surface area contributed by atoms with Gasteiger partial charge in [0.05, 0.1) is 16.8 Å². The average molecular weight is 368 g/mol. The van der Waals surface area contributed by atoms with Gasteiger partial charge >= 0.3 is 0 Å². The number of nitro groups is 1. The second kappa shape index (κ2) is 6.75. The normalized spacial score (nSPS) is 21.6. The lowest BCUT2D eigenvalue weighted by Crippen LogP contribution is -2.33. The van der Waals surface area contributed by atoms with E-state index in [1.54, 1.807) is 0 Å². The lowest BCUT2D eigenvalue weighted by Gasteiger charge is -2.14. The minimum Gasteiger partial charge on any atom is -0.339 e. The number of hydrogen-bond donors (Lipinski definition) is 0. The van der Waals surface area contributed by atoms with Crippen molar-refractivity contribution in [1.29, 1.82) is 0 Å². The van der Waals surface area contributed by atoms with Crippen molar-refractivity contribution in [2.24, 2.45) is 11.8 Å². The molecule has 27 heavy (non-hydrogen) atoms. The monoisotopic (exact) mass is 368 g/mol. The van der Waals surface area contributed by atoms with Crippen LogP contribution >= 0.6 is 0 Å². The largest absolute Gasteiger partial charge is 0.339 e. The number of nitro benzene ring substituents is 1. The van der Waals surface area contributed by atoms with Gasteiger partial charge in [-0.25, -0.2) is 0 Å². The number of non-ortho nitro benzene ring substituents is 1. The van der Waals surface area contributed by atoms with Crippen molar-refractivity contribution in [2.75, 3.05) is 6.54 Å². The van der Waals surface area contributed by atoms with E-state index >= 15 is 0 Å². The van der Waals surface area contributed by atoms with Crippen LogP contribution in [-0.2, 0) is 16.0 Å². The maximum Gasteiger partial charge on any atom is 0.269 e. The molecule has 1 fully saturated rings. The van der Waals surface area contributed by atoms with Crippen molar-refractivity contribution in [2.45, 2.75) is 19.3 Å². The summed E-state index contributed by atoms with van der Waals surface area (Å²) < 4.78 is 5.19. The third-order valence-electron chi connectivity index (χ3n) is 4.95. The highest BCUT2D eigenvalue weighted by molar-refractivity contribution is 6.05. The predicted molar refractivity (Wildman–Crippen MR) is 92.2 cm³/mol. The van der Waals surface area contributed by atoms with E-state index in [0.717, 1.165) is 0 Å². The summed E-state index contributed by atoms with van der Waals surface area (Å²) in [5, 5.41) is 14.6. The number of aromatic nitrogens is 2. The van der Waals surface area contributed by atoms with Gasteiger partial charge in [0.15, 0.2) is 0 Å². The zero-order valence-electron chi connectivity index (χ0n) is 14.3. The van der Waals surface area contributed by atoms with Crippen molar-refractivity contribution in [3.8, 4) is 11.4 Å². The van der Waals surface area contributed by atoms with E-state index in [9.17, 15) is 19.7 Å². The molecular formula is C18H16N4O5. The number of carbonyl (C=O) groups is 2. The highest BCUT2D eigenvalue weighted by Gasteiger charge is 2.46. The van der Waals surface area contributed by atoms with E-state index in [0.29, 0.717) is 30.1 Å². The van der Waals surface area contributed by atoms with E-state index in [2.05, 4.69) is 10.1 Å². The van der Waals surface area contributed by atoms with Crippen molar-refractivity contribution in [1.82, 2.24) is 15.0 Å². The van der Waals surface area contributed by atoms with Gasteiger partial charge in [0.25, 0.3) is 5.69 Å². The molecule has 0 radical (unpaired) electrons. The Hall–Kier alpha value is -3.36. The topological polar surface area (TPSA) is 119 Å². The van der Waals surface area contributed by atoms with Crippen LogP contribution in [0.5, 0.6) is 0 Å². The molecule has 0 N–H and O–H groups in total. The van der Waals surface area contributed by atoms with Crippen molar-refractivity contribution in [3.63, 3.8) is 0 Å². The smallest absolute Gasteiger partial charge is 0.269 e. The fraction of sp³-hybridized carbons (Fsp3) is 0.333. The van der Waals surface area contributed by atoms with Gasteiger partial charge in [0.2, 0.25) is 23.5 Å². The van der Waals surface area contributed by atoms with E-state index in [4.69, 9.17) is 4.52 Å². The Morgan fingerprint density at radius 2 is 1.74 bits per heavy atom. The number of allylic oxidation sites excluding steroid dienone is 2. The van der Waals surface area contributed by atoms with Gasteiger partial charge in [-0.2, -0.15) is 4.98 Å². The molecule has 1 aromatic heterocycles. The standard InChI is InChI=1S/C18H16N4O5/c23-17-13-3-1-2-4-14(13)18(24)21(17)10-9-15-19-16(20-27-15)11-5-7-12(8-6-11)22(25)26/h1-2,5-8,13-14H,3-4,9-10H2/t13-,14+. The third kappa shape index (κ3) is 3.12. The molecule has 138 valence electrons. The van der Waals surface area contributed by atoms with Crippen LogP contribution in [0.1, 0.15) is 18.7 Å². The third-order valence-corrected chi connectivity index (χ3v) is 4.95. The highest BCUT2D eigenvalue weighted by Crippen LogP contribution is 2.35. The van der Waals surface area contributed by atoms with Gasteiger partial charge in [0.1, 0.15) is 0 Å². The minimum atomic E-state index is -0.483. The van der Waals surface area contributed by atoms with Crippen LogP contribution in [0.15, 0.2) is 40.9 Å². The Morgan fingerprint density at radius 3 is 2.33 bits per heavy atom. The summed E-state index contributed by atoms with van der Waals surface area (Å²) in [6.45, 7) is 0.201. The maximum absolute atomic E-state index is 12.4. The number of rotatable bonds is 5. The van der Waals surface area contributed by atoms with Crippen LogP contribution in [0, 0.1) is 22.0 Å². The molecule has 0 bridgehead atoms. The van der Waals surface area contributed by atoms with Crippen LogP contribution in [-0.4, -0.2) is 38.3 Å². The summed E-state index contributed by atoms with van der Waals surface area (Å²) in [5.74, 6) is -0.163. The van der Waals surface area contributed by atoms with Crippen LogP contribution in [0.2, 0.25) is 0 Å². The first-order valence-electron chi connectivity index (χ1n) is 8.62. The Kier molecular flexibility index (Phi) is 4.27. The number of amides is 2. The first-order chi connectivity index (χ1) is 13.0. The second-order valence-electron chi connectivity index (χ2n) is 6.55. The molecule has 2 aliphatic rings. The summed E-state index contributed by atoms with van der Waals surface area (Å²) in [7, 11) is 0. The van der Waals surface area contributed by atoms with E-state index in [1.807, 2.05) is 12.2 Å². The van der Waals surface area contributed by atoms with Crippen LogP contribution in [0.25, 0.3) is 11.4 Å². The number of imide groups is 1. The fourth-order valence-electron chi connectivity index (χ4n) is 3.50. The van der Waals surface area contributed by atoms with E-state index in [1.165, 1.54) is 29.2 Å². The summed E-state index contributed by atoms with van der Waals surface area (Å²) >= 11 is 0. The Morgan fingerprint density at radius 1 is 1.11 bits per heavy atom. The lowest BCUT2D eigenvalue weighted by molar-refractivity contribution is -0.384. The Bertz CT molecular complexity index is 907. The zero-order valence-corrected chi connectivity index (χ0v) is 14.3. The number of nitrogens with zero attached hydrogens (tertiary/aromatic N) is 4. The number of fused-ring (bicyclic) bond motifs is 1. The molecule has 0 spiro atoms. The molecule has 1 aliphatic carbocycles. The molecule has 2 heterocycles. The highest BCUT2D eigenvalue weighted by atomic mass is 16.6. The molecule has 2 amide bonds. The summed E-state index contributed by atoms with van der Waals surface area (Å²) in [4.78, 5) is 40.6. The van der Waals surface area contributed by atoms with Crippen LogP contribution < -0.4 is 0 Å². The van der Waals surface area contributed by atoms with E-state index in [-0.39, 0.29) is 42.3 Å². The number of benzene rings is 1. The van der Waals surface area contributed by atoms with Gasteiger partial charge in [-0.3, -0.25) is 24.6 Å². The molecule has 4 rings (SSSR count). The summed E-state index contributed by atoms with van der Waals surface area (Å²) in [6.07, 6.45) is 5.38. The van der Waals surface area contributed by atoms with Crippen molar-refractivity contribution >= 4 is 17.5 Å². The Labute approximate surface area is 153 Å². The SMILES string of the molecule is O=C1[C@H]2CC=CC[C@H]2C(=O)N1CCc1nc(-c2ccc([N+](=O)[O-])cc2)no1. The van der Waals surface area contributed by atoms with Gasteiger partial charge < -0.3 is 4.52 Å². The lowest BCUT2D eigenvalue weighted by atomic mass is 9.85. The predicted octanol–water partition coefficient (Wildman–Crippen LogP) is 2.14. The summed E-state index contributed by atoms with van der Waals surface area (Å²) in [5.41, 5.74) is 0.561. The average Bonchev–Trinajstić information content (AvgIpc) is 3.25. The number of carbonyl (C=O) groups excluding carboxylic acids is 2. The minimum absolute atomic E-state index is 0.0236. The van der Waals surface area contributed by atoms with Crippen LogP contribution in [0.4, 0.5) is 5.69 Å². The molecule has 0 unspecified atom stereocenters. The maximum atomic E-state index is 12.4. The fourth-order valence-corrected chi connectivity index (χ4v) is 3.50. The second-order valence-corrected chi connectivity index (χ2v) is 6.55. The summed E-state index contributed by atoms with van der Waals surface area (Å²) in [6, 6.07) is 5.81. The molecular weight excluding hydrogens is 352 g/mol. The first-order valence-corrected chi connectivity index (χ1v) is 8.62. The van der Waals surface area contributed by atoms with Gasteiger partial charge in [-0.15, -0.1) is 0 Å². The first kappa shape index (κ1) is 17.1. The van der Waals surface area contributed by atoms with Crippen LogP contribution in [0.3, 0.4) is 0 Å². The zero-order chi connectivity index (χ0) is 19.0. The van der Waals surface area contributed by atoms with Crippen molar-refractivity contribution in [3.05, 3.63) is 52.4 Å². The van der Waals surface area contributed by atoms with Crippen molar-refractivity contribution < 1.29 is 19.0 Å². The molecule has 1 aliphatic heterocycles. The van der Waals surface area contributed by atoms with E-state index < -0.39 is 4.92 Å². The molecule has 1 aromatic carbocycles. The molecule has 9 heteroatoms. The molecule has 1 saturated heterocycles. The molecule has 9 nitrogen and oxygen atoms in total. The van der Waals surface area contributed by atoms with Gasteiger partial charge in [-0.05, 0) is 25.0 Å². The van der Waals surface area contributed by atoms with Gasteiger partial charge in [0, 0.05) is 30.7 Å². The number of hydrogen-bond acceptors (Lipinski definition) is 7. The molecule has 0 saturated carbocycles. The Balaban J connectivity index is 1.42.